The highest BCUT2D eigenvalue weighted by molar-refractivity contribution is 7.98. The molecule has 2 aromatic heterocycles. The van der Waals surface area contributed by atoms with E-state index < -0.39 is 0 Å². The highest BCUT2D eigenvalue weighted by atomic mass is 32.2. The summed E-state index contributed by atoms with van der Waals surface area (Å²) >= 11 is 2.92. The minimum atomic E-state index is -0.359. The molecule has 0 bridgehead atoms. The lowest BCUT2D eigenvalue weighted by Gasteiger charge is -2.07. The van der Waals surface area contributed by atoms with Crippen LogP contribution < -0.4 is 5.56 Å². The van der Waals surface area contributed by atoms with Gasteiger partial charge in [-0.25, -0.2) is 9.78 Å². The van der Waals surface area contributed by atoms with Crippen LogP contribution in [-0.4, -0.2) is 22.6 Å². The van der Waals surface area contributed by atoms with Gasteiger partial charge in [0.25, 0.3) is 5.56 Å². The summed E-state index contributed by atoms with van der Waals surface area (Å²) in [5.74, 6) is 0.254. The van der Waals surface area contributed by atoms with Crippen LogP contribution in [0.4, 0.5) is 0 Å². The van der Waals surface area contributed by atoms with E-state index in [0.29, 0.717) is 21.9 Å². The number of aromatic nitrogens is 2. The van der Waals surface area contributed by atoms with Crippen LogP contribution in [0, 0.1) is 0 Å². The van der Waals surface area contributed by atoms with Crippen molar-refractivity contribution >= 4 is 39.3 Å². The van der Waals surface area contributed by atoms with Gasteiger partial charge in [-0.2, -0.15) is 0 Å². The lowest BCUT2D eigenvalue weighted by molar-refractivity contribution is 0.0600. The minimum absolute atomic E-state index is 0.0398. The van der Waals surface area contributed by atoms with Gasteiger partial charge in [0.05, 0.1) is 18.1 Å². The monoisotopic (exact) mass is 346 g/mol. The molecule has 118 valence electrons. The average Bonchev–Trinajstić information content (AvgIpc) is 3.05. The molecule has 0 atom stereocenters. The van der Waals surface area contributed by atoms with Crippen LogP contribution >= 0.6 is 23.1 Å². The van der Waals surface area contributed by atoms with Crippen molar-refractivity contribution < 1.29 is 9.53 Å². The molecule has 3 aromatic rings. The third-order valence-electron chi connectivity index (χ3n) is 3.38. The van der Waals surface area contributed by atoms with Crippen molar-refractivity contribution in [2.75, 3.05) is 7.11 Å². The van der Waals surface area contributed by atoms with E-state index in [-0.39, 0.29) is 11.5 Å². The Labute approximate surface area is 140 Å². The lowest BCUT2D eigenvalue weighted by Crippen LogP contribution is -2.19. The summed E-state index contributed by atoms with van der Waals surface area (Å²) in [6.07, 6.45) is 0. The molecule has 0 spiro atoms. The van der Waals surface area contributed by atoms with E-state index in [2.05, 4.69) is 4.98 Å². The molecule has 5 nitrogen and oxygen atoms in total. The van der Waals surface area contributed by atoms with Crippen LogP contribution in [0.5, 0.6) is 0 Å². The van der Waals surface area contributed by atoms with E-state index >= 15 is 0 Å². The second kappa shape index (κ2) is 6.55. The molecule has 0 aliphatic rings. The van der Waals surface area contributed by atoms with Crippen molar-refractivity contribution in [1.82, 2.24) is 9.55 Å². The first-order valence-electron chi connectivity index (χ1n) is 6.84. The van der Waals surface area contributed by atoms with Crippen LogP contribution in [0.1, 0.15) is 15.9 Å². The highest BCUT2D eigenvalue weighted by Crippen LogP contribution is 2.24. The Hall–Kier alpha value is -2.12. The van der Waals surface area contributed by atoms with Crippen LogP contribution in [0.25, 0.3) is 10.2 Å². The number of carbonyl (C=O) groups excluding carboxylic acids is 1. The molecular weight excluding hydrogens is 332 g/mol. The van der Waals surface area contributed by atoms with Gasteiger partial charge >= 0.3 is 5.97 Å². The van der Waals surface area contributed by atoms with Gasteiger partial charge in [0, 0.05) is 12.8 Å². The molecule has 0 unspecified atom stereocenters. The van der Waals surface area contributed by atoms with Crippen LogP contribution in [0.2, 0.25) is 0 Å². The first-order chi connectivity index (χ1) is 11.1. The number of fused-ring (bicyclic) bond motifs is 1. The molecule has 2 heterocycles. The van der Waals surface area contributed by atoms with Crippen LogP contribution in [0.15, 0.2) is 45.7 Å². The van der Waals surface area contributed by atoms with Gasteiger partial charge in [-0.05, 0) is 29.1 Å². The average molecular weight is 346 g/mol. The van der Waals surface area contributed by atoms with E-state index in [1.807, 2.05) is 17.5 Å². The Kier molecular flexibility index (Phi) is 4.49. The summed E-state index contributed by atoms with van der Waals surface area (Å²) < 4.78 is 6.29. The first-order valence-corrected chi connectivity index (χ1v) is 8.71. The number of carbonyl (C=O) groups is 1. The highest BCUT2D eigenvalue weighted by Gasteiger charge is 2.11. The summed E-state index contributed by atoms with van der Waals surface area (Å²) in [4.78, 5) is 29.1. The Morgan fingerprint density at radius 1 is 1.39 bits per heavy atom. The second-order valence-electron chi connectivity index (χ2n) is 4.88. The summed E-state index contributed by atoms with van der Waals surface area (Å²) in [6.45, 7) is 0. The quantitative estimate of drug-likeness (QED) is 0.413. The zero-order valence-electron chi connectivity index (χ0n) is 12.6. The number of rotatable bonds is 4. The third kappa shape index (κ3) is 3.16. The van der Waals surface area contributed by atoms with E-state index in [0.717, 1.165) is 10.4 Å². The number of benzene rings is 1. The molecule has 0 saturated carbocycles. The van der Waals surface area contributed by atoms with Crippen LogP contribution in [0.3, 0.4) is 0 Å². The van der Waals surface area contributed by atoms with Gasteiger partial charge in [-0.3, -0.25) is 9.36 Å². The number of hydrogen-bond acceptors (Lipinski definition) is 6. The Bertz CT molecular complexity index is 930. The van der Waals surface area contributed by atoms with Gasteiger partial charge in [0.2, 0.25) is 0 Å². The zero-order valence-corrected chi connectivity index (χ0v) is 14.2. The predicted molar refractivity (Wildman–Crippen MR) is 92.2 cm³/mol. The van der Waals surface area contributed by atoms with Gasteiger partial charge in [0.15, 0.2) is 5.16 Å². The minimum Gasteiger partial charge on any atom is -0.465 e. The second-order valence-corrected chi connectivity index (χ2v) is 6.72. The fourth-order valence-electron chi connectivity index (χ4n) is 2.16. The van der Waals surface area contributed by atoms with E-state index in [1.54, 1.807) is 29.8 Å². The Morgan fingerprint density at radius 3 is 3.00 bits per heavy atom. The largest absolute Gasteiger partial charge is 0.465 e. The maximum absolute atomic E-state index is 12.3. The SMILES string of the molecule is COC(=O)c1cccc(CSc2nc3sccc3c(=O)n2C)c1. The molecule has 7 heteroatoms. The standard InChI is InChI=1S/C16H14N2O3S2/c1-18-14(19)12-6-7-22-13(12)17-16(18)23-9-10-4-3-5-11(8-10)15(20)21-2/h3-8H,9H2,1-2H3. The number of hydrogen-bond donors (Lipinski definition) is 0. The topological polar surface area (TPSA) is 61.2 Å². The van der Waals surface area contributed by atoms with E-state index in [1.165, 1.54) is 30.2 Å². The van der Waals surface area contributed by atoms with Crippen molar-refractivity contribution in [3.05, 3.63) is 57.2 Å². The number of methoxy groups -OCH3 is 1. The van der Waals surface area contributed by atoms with Gasteiger partial charge in [0.1, 0.15) is 4.83 Å². The molecule has 23 heavy (non-hydrogen) atoms. The molecule has 0 saturated heterocycles. The summed E-state index contributed by atoms with van der Waals surface area (Å²) in [5.41, 5.74) is 1.45. The number of ether oxygens (including phenoxy) is 1. The van der Waals surface area contributed by atoms with Crippen molar-refractivity contribution in [3.8, 4) is 0 Å². The number of esters is 1. The maximum Gasteiger partial charge on any atom is 0.337 e. The van der Waals surface area contributed by atoms with Gasteiger partial charge in [-0.15, -0.1) is 11.3 Å². The Balaban J connectivity index is 1.85. The zero-order chi connectivity index (χ0) is 16.4. The van der Waals surface area contributed by atoms with Gasteiger partial charge in [-0.1, -0.05) is 23.9 Å². The molecule has 0 fully saturated rings. The maximum atomic E-state index is 12.3. The number of thiophene rings is 1. The third-order valence-corrected chi connectivity index (χ3v) is 5.29. The summed E-state index contributed by atoms with van der Waals surface area (Å²) in [5, 5.41) is 3.18. The molecule has 0 N–H and O–H groups in total. The Morgan fingerprint density at radius 2 is 2.22 bits per heavy atom. The fourth-order valence-corrected chi connectivity index (χ4v) is 3.88. The molecule has 0 aliphatic carbocycles. The van der Waals surface area contributed by atoms with Crippen molar-refractivity contribution in [3.63, 3.8) is 0 Å². The number of nitrogens with zero attached hydrogens (tertiary/aromatic N) is 2. The molecular formula is C16H14N2O3S2. The molecule has 0 amide bonds. The normalized spacial score (nSPS) is 10.9. The van der Waals surface area contributed by atoms with E-state index in [4.69, 9.17) is 4.74 Å². The number of thioether (sulfide) groups is 1. The molecule has 1 aromatic carbocycles. The molecule has 3 rings (SSSR count). The summed E-state index contributed by atoms with van der Waals surface area (Å²) in [6, 6.07) is 9.05. The van der Waals surface area contributed by atoms with Crippen molar-refractivity contribution in [1.29, 1.82) is 0 Å². The smallest absolute Gasteiger partial charge is 0.337 e. The summed E-state index contributed by atoms with van der Waals surface area (Å²) in [7, 11) is 3.08. The van der Waals surface area contributed by atoms with E-state index in [9.17, 15) is 9.59 Å². The molecule has 0 radical (unpaired) electrons. The van der Waals surface area contributed by atoms with Gasteiger partial charge < -0.3 is 4.74 Å². The first kappa shape index (κ1) is 15.8. The fraction of sp³-hybridized carbons (Fsp3) is 0.188. The lowest BCUT2D eigenvalue weighted by atomic mass is 10.1. The predicted octanol–water partition coefficient (Wildman–Crippen LogP) is 3.07. The molecule has 0 aliphatic heterocycles. The van der Waals surface area contributed by atoms with Crippen molar-refractivity contribution in [2.45, 2.75) is 10.9 Å². The van der Waals surface area contributed by atoms with Crippen LogP contribution in [-0.2, 0) is 17.5 Å². The van der Waals surface area contributed by atoms with Crippen molar-refractivity contribution in [2.24, 2.45) is 7.05 Å².